The highest BCUT2D eigenvalue weighted by atomic mass is 32.2. The van der Waals surface area contributed by atoms with Gasteiger partial charge in [-0.2, -0.15) is 9.10 Å². The molecule has 182 valence electrons. The van der Waals surface area contributed by atoms with Crippen molar-refractivity contribution in [2.45, 2.75) is 61.9 Å². The van der Waals surface area contributed by atoms with Crippen molar-refractivity contribution in [3.63, 3.8) is 0 Å². The maximum atomic E-state index is 12.4. The highest BCUT2D eigenvalue weighted by molar-refractivity contribution is 7.89. The zero-order chi connectivity index (χ0) is 23.6. The molecule has 11 nitrogen and oxygen atoms in total. The summed E-state index contributed by atoms with van der Waals surface area (Å²) in [5.74, 6) is 0.304. The van der Waals surface area contributed by atoms with Crippen LogP contribution in [-0.2, 0) is 20.0 Å². The van der Waals surface area contributed by atoms with Crippen molar-refractivity contribution in [3.05, 3.63) is 18.2 Å². The van der Waals surface area contributed by atoms with E-state index in [1.165, 1.54) is 28.8 Å². The van der Waals surface area contributed by atoms with Gasteiger partial charge in [0.1, 0.15) is 0 Å². The van der Waals surface area contributed by atoms with E-state index >= 15 is 0 Å². The minimum absolute atomic E-state index is 0.117. The lowest BCUT2D eigenvalue weighted by Gasteiger charge is -2.29. The SMILES string of the molecule is CNS(=O)(=O)c1ccc(NC2CCCCC2)c(-c2nnn(C3CCCN(S(C)(=O)=O)C3)n2)c1. The van der Waals surface area contributed by atoms with E-state index in [1.54, 1.807) is 18.2 Å². The molecule has 1 atom stereocenters. The fraction of sp³-hybridized carbons (Fsp3) is 0.650. The summed E-state index contributed by atoms with van der Waals surface area (Å²) in [7, 11) is -5.58. The average molecular weight is 498 g/mol. The van der Waals surface area contributed by atoms with Crippen molar-refractivity contribution in [1.29, 1.82) is 0 Å². The van der Waals surface area contributed by atoms with Crippen LogP contribution < -0.4 is 10.0 Å². The Bertz CT molecular complexity index is 1190. The maximum absolute atomic E-state index is 12.4. The predicted molar refractivity (Wildman–Crippen MR) is 125 cm³/mol. The van der Waals surface area contributed by atoms with E-state index in [2.05, 4.69) is 25.4 Å². The average Bonchev–Trinajstić information content (AvgIpc) is 3.30. The normalized spacial score (nSPS) is 21.2. The van der Waals surface area contributed by atoms with Crippen molar-refractivity contribution < 1.29 is 16.8 Å². The number of rotatable bonds is 7. The summed E-state index contributed by atoms with van der Waals surface area (Å²) < 4.78 is 52.5. The fourth-order valence-electron chi connectivity index (χ4n) is 4.48. The van der Waals surface area contributed by atoms with Gasteiger partial charge in [-0.25, -0.2) is 21.6 Å². The summed E-state index contributed by atoms with van der Waals surface area (Å²) in [6.45, 7) is 0.770. The molecule has 2 aromatic rings. The van der Waals surface area contributed by atoms with Gasteiger partial charge in [-0.1, -0.05) is 19.3 Å². The zero-order valence-corrected chi connectivity index (χ0v) is 20.6. The number of hydrogen-bond donors (Lipinski definition) is 2. The summed E-state index contributed by atoms with van der Waals surface area (Å²) in [4.78, 5) is 1.57. The number of sulfonamides is 2. The van der Waals surface area contributed by atoms with Crippen molar-refractivity contribution in [1.82, 2.24) is 29.2 Å². The van der Waals surface area contributed by atoms with Crippen LogP contribution >= 0.6 is 0 Å². The maximum Gasteiger partial charge on any atom is 0.240 e. The number of piperidine rings is 1. The molecule has 2 N–H and O–H groups in total. The van der Waals surface area contributed by atoms with Crippen LogP contribution in [0.3, 0.4) is 0 Å². The number of aromatic nitrogens is 4. The summed E-state index contributed by atoms with van der Waals surface area (Å²) >= 11 is 0. The second kappa shape index (κ2) is 9.65. The van der Waals surface area contributed by atoms with Crippen LogP contribution in [0.4, 0.5) is 5.69 Å². The Labute approximate surface area is 195 Å². The second-order valence-electron chi connectivity index (χ2n) is 8.74. The van der Waals surface area contributed by atoms with Gasteiger partial charge in [-0.05, 0) is 56.1 Å². The van der Waals surface area contributed by atoms with E-state index in [9.17, 15) is 16.8 Å². The monoisotopic (exact) mass is 497 g/mol. The van der Waals surface area contributed by atoms with Gasteiger partial charge in [-0.3, -0.25) is 0 Å². The van der Waals surface area contributed by atoms with E-state index in [-0.39, 0.29) is 17.5 Å². The van der Waals surface area contributed by atoms with Gasteiger partial charge in [0.2, 0.25) is 25.9 Å². The second-order valence-corrected chi connectivity index (χ2v) is 12.6. The molecule has 0 amide bonds. The van der Waals surface area contributed by atoms with E-state index in [1.807, 2.05) is 0 Å². The summed E-state index contributed by atoms with van der Waals surface area (Å²) in [6, 6.07) is 4.95. The zero-order valence-electron chi connectivity index (χ0n) is 18.9. The summed E-state index contributed by atoms with van der Waals surface area (Å²) in [5, 5.41) is 16.5. The van der Waals surface area contributed by atoms with Crippen LogP contribution in [0.25, 0.3) is 11.4 Å². The Morgan fingerprint density at radius 3 is 2.48 bits per heavy atom. The van der Waals surface area contributed by atoms with E-state index < -0.39 is 20.0 Å². The van der Waals surface area contributed by atoms with Crippen molar-refractivity contribution in [2.75, 3.05) is 31.7 Å². The molecule has 0 spiro atoms. The summed E-state index contributed by atoms with van der Waals surface area (Å²) in [6.07, 6.45) is 8.30. The molecule has 1 aliphatic carbocycles. The van der Waals surface area contributed by atoms with Crippen LogP contribution in [0.1, 0.15) is 51.0 Å². The molecule has 1 aromatic carbocycles. The Hall–Kier alpha value is -2.09. The first kappa shape index (κ1) is 24.0. The fourth-order valence-corrected chi connectivity index (χ4v) is 6.14. The number of nitrogens with zero attached hydrogens (tertiary/aromatic N) is 5. The lowest BCUT2D eigenvalue weighted by Crippen LogP contribution is -2.40. The molecule has 1 saturated carbocycles. The predicted octanol–water partition coefficient (Wildman–Crippen LogP) is 1.59. The standard InChI is InChI=1S/C20H31N7O4S2/c1-21-33(30,31)17-10-11-19(22-15-7-4-3-5-8-15)18(13-17)20-23-25-27(24-20)16-9-6-12-26(14-16)32(2,28)29/h10-11,13,15-16,21-22H,3-9,12,14H2,1-2H3. The first-order chi connectivity index (χ1) is 15.7. The molecule has 1 unspecified atom stereocenters. The van der Waals surface area contributed by atoms with Gasteiger partial charge in [0.15, 0.2) is 0 Å². The van der Waals surface area contributed by atoms with E-state index in [0.29, 0.717) is 30.4 Å². The molecule has 4 rings (SSSR count). The lowest BCUT2D eigenvalue weighted by atomic mass is 9.95. The Balaban J connectivity index is 1.66. The van der Waals surface area contributed by atoms with Crippen molar-refractivity contribution >= 4 is 25.7 Å². The molecule has 2 fully saturated rings. The molecule has 2 heterocycles. The van der Waals surface area contributed by atoms with Gasteiger partial charge in [0.05, 0.1) is 17.2 Å². The molecule has 1 aliphatic heterocycles. The number of nitrogens with one attached hydrogen (secondary N) is 2. The van der Waals surface area contributed by atoms with Gasteiger partial charge >= 0.3 is 0 Å². The van der Waals surface area contributed by atoms with E-state index in [4.69, 9.17) is 0 Å². The van der Waals surface area contributed by atoms with Crippen LogP contribution in [0.2, 0.25) is 0 Å². The van der Waals surface area contributed by atoms with Crippen molar-refractivity contribution in [3.8, 4) is 11.4 Å². The van der Waals surface area contributed by atoms with Crippen molar-refractivity contribution in [2.24, 2.45) is 0 Å². The molecule has 0 radical (unpaired) electrons. The Morgan fingerprint density at radius 1 is 1.03 bits per heavy atom. The van der Waals surface area contributed by atoms with Gasteiger partial charge in [0, 0.05) is 30.4 Å². The minimum atomic E-state index is -3.65. The smallest absolute Gasteiger partial charge is 0.240 e. The molecule has 1 saturated heterocycles. The molecule has 33 heavy (non-hydrogen) atoms. The number of tetrazole rings is 1. The van der Waals surface area contributed by atoms with Crippen LogP contribution in [0, 0.1) is 0 Å². The van der Waals surface area contributed by atoms with Gasteiger partial charge in [0.25, 0.3) is 0 Å². The molecule has 1 aromatic heterocycles. The molecule has 0 bridgehead atoms. The number of benzene rings is 1. The third kappa shape index (κ3) is 5.53. The first-order valence-electron chi connectivity index (χ1n) is 11.3. The third-order valence-corrected chi connectivity index (χ3v) is 9.04. The lowest BCUT2D eigenvalue weighted by molar-refractivity contribution is 0.236. The highest BCUT2D eigenvalue weighted by Gasteiger charge is 2.29. The van der Waals surface area contributed by atoms with Gasteiger partial charge < -0.3 is 5.32 Å². The largest absolute Gasteiger partial charge is 0.382 e. The summed E-state index contributed by atoms with van der Waals surface area (Å²) in [5.41, 5.74) is 1.32. The first-order valence-corrected chi connectivity index (χ1v) is 14.6. The molecule has 2 aliphatic rings. The molecular weight excluding hydrogens is 466 g/mol. The highest BCUT2D eigenvalue weighted by Crippen LogP contribution is 2.31. The van der Waals surface area contributed by atoms with Crippen LogP contribution in [-0.4, -0.2) is 73.8 Å². The van der Waals surface area contributed by atoms with Crippen LogP contribution in [0.5, 0.6) is 0 Å². The minimum Gasteiger partial charge on any atom is -0.382 e. The molecular formula is C20H31N7O4S2. The number of hydrogen-bond acceptors (Lipinski definition) is 8. The van der Waals surface area contributed by atoms with E-state index in [0.717, 1.165) is 37.8 Å². The number of anilines is 1. The van der Waals surface area contributed by atoms with Crippen LogP contribution in [0.15, 0.2) is 23.1 Å². The quantitative estimate of drug-likeness (QED) is 0.588. The van der Waals surface area contributed by atoms with Gasteiger partial charge in [-0.15, -0.1) is 10.2 Å². The Kier molecular flexibility index (Phi) is 7.03. The third-order valence-electron chi connectivity index (χ3n) is 6.36. The topological polar surface area (TPSA) is 139 Å². The Morgan fingerprint density at radius 2 is 1.79 bits per heavy atom. The molecule has 13 heteroatoms.